The smallest absolute Gasteiger partial charge is 0.123 e. The van der Waals surface area contributed by atoms with Crippen LogP contribution in [0.4, 0.5) is 0 Å². The second-order valence-electron chi connectivity index (χ2n) is 3.63. The summed E-state index contributed by atoms with van der Waals surface area (Å²) in [6.07, 6.45) is 4.26. The van der Waals surface area contributed by atoms with E-state index in [-0.39, 0.29) is 13.2 Å². The molecule has 0 spiro atoms. The Balaban J connectivity index is 0.00000144. The van der Waals surface area contributed by atoms with Crippen molar-refractivity contribution in [3.8, 4) is 16.9 Å². The maximum atomic E-state index is 9.80. The fourth-order valence-corrected chi connectivity index (χ4v) is 1.66. The van der Waals surface area contributed by atoms with Crippen LogP contribution in [0.3, 0.4) is 0 Å². The molecule has 1 aromatic heterocycles. The van der Waals surface area contributed by atoms with Crippen molar-refractivity contribution in [1.82, 2.24) is 4.98 Å². The molecule has 1 aromatic carbocycles. The van der Waals surface area contributed by atoms with Crippen molar-refractivity contribution in [1.29, 1.82) is 0 Å². The van der Waals surface area contributed by atoms with Crippen LogP contribution >= 0.6 is 0 Å². The maximum Gasteiger partial charge on any atom is 0.123 e. The SMILES string of the molecule is C.NCCc1ccc(O)c(-c2cccnc2)c1. The van der Waals surface area contributed by atoms with Gasteiger partial charge in [0, 0.05) is 23.5 Å². The van der Waals surface area contributed by atoms with E-state index in [2.05, 4.69) is 4.98 Å². The van der Waals surface area contributed by atoms with E-state index < -0.39 is 0 Å². The average molecular weight is 230 g/mol. The minimum atomic E-state index is 0. The first-order chi connectivity index (χ1) is 7.81. The minimum absolute atomic E-state index is 0. The lowest BCUT2D eigenvalue weighted by Gasteiger charge is -2.07. The van der Waals surface area contributed by atoms with Gasteiger partial charge in [-0.05, 0) is 36.7 Å². The third kappa shape index (κ3) is 3.04. The fraction of sp³-hybridized carbons (Fsp3) is 0.214. The number of aromatic nitrogens is 1. The van der Waals surface area contributed by atoms with Gasteiger partial charge < -0.3 is 10.8 Å². The van der Waals surface area contributed by atoms with Crippen molar-refractivity contribution >= 4 is 0 Å². The van der Waals surface area contributed by atoms with Crippen LogP contribution in [0, 0.1) is 0 Å². The highest BCUT2D eigenvalue weighted by Gasteiger charge is 2.05. The summed E-state index contributed by atoms with van der Waals surface area (Å²) in [6, 6.07) is 9.33. The van der Waals surface area contributed by atoms with E-state index in [0.29, 0.717) is 6.54 Å². The van der Waals surface area contributed by atoms with Crippen LogP contribution in [0.15, 0.2) is 42.7 Å². The van der Waals surface area contributed by atoms with Crippen LogP contribution in [0.1, 0.15) is 13.0 Å². The van der Waals surface area contributed by atoms with Crippen molar-refractivity contribution in [3.63, 3.8) is 0 Å². The summed E-state index contributed by atoms with van der Waals surface area (Å²) in [5, 5.41) is 9.80. The van der Waals surface area contributed by atoms with Crippen molar-refractivity contribution in [2.24, 2.45) is 5.73 Å². The number of hydrogen-bond acceptors (Lipinski definition) is 3. The Morgan fingerprint density at radius 2 is 2.06 bits per heavy atom. The van der Waals surface area contributed by atoms with Crippen molar-refractivity contribution in [3.05, 3.63) is 48.3 Å². The van der Waals surface area contributed by atoms with Gasteiger partial charge in [-0.3, -0.25) is 4.98 Å². The lowest BCUT2D eigenvalue weighted by atomic mass is 10.0. The van der Waals surface area contributed by atoms with Crippen LogP contribution in [0.25, 0.3) is 11.1 Å². The first-order valence-corrected chi connectivity index (χ1v) is 5.23. The third-order valence-electron chi connectivity index (χ3n) is 2.47. The molecule has 3 heteroatoms. The van der Waals surface area contributed by atoms with Gasteiger partial charge in [0.2, 0.25) is 0 Å². The predicted molar refractivity (Wildman–Crippen MR) is 70.8 cm³/mol. The zero-order valence-corrected chi connectivity index (χ0v) is 8.93. The molecule has 0 unspecified atom stereocenters. The number of nitrogens with two attached hydrogens (primary N) is 1. The summed E-state index contributed by atoms with van der Waals surface area (Å²) in [5.74, 6) is 0.272. The van der Waals surface area contributed by atoms with Gasteiger partial charge in [-0.2, -0.15) is 0 Å². The average Bonchev–Trinajstić information content (AvgIpc) is 2.33. The Labute approximate surface area is 102 Å². The van der Waals surface area contributed by atoms with Gasteiger partial charge in [-0.15, -0.1) is 0 Å². The number of phenols is 1. The number of aromatic hydroxyl groups is 1. The molecule has 0 saturated carbocycles. The molecule has 0 fully saturated rings. The lowest BCUT2D eigenvalue weighted by molar-refractivity contribution is 0.477. The summed E-state index contributed by atoms with van der Waals surface area (Å²) in [4.78, 5) is 4.04. The molecule has 0 radical (unpaired) electrons. The largest absolute Gasteiger partial charge is 0.507 e. The maximum absolute atomic E-state index is 9.80. The summed E-state index contributed by atoms with van der Waals surface area (Å²) in [5.41, 5.74) is 8.36. The summed E-state index contributed by atoms with van der Waals surface area (Å²) in [7, 11) is 0. The number of phenolic OH excluding ortho intramolecular Hbond substituents is 1. The molecule has 0 saturated heterocycles. The van der Waals surface area contributed by atoms with Crippen LogP contribution < -0.4 is 5.73 Å². The normalized spacial score (nSPS) is 9.71. The Morgan fingerprint density at radius 1 is 1.24 bits per heavy atom. The Bertz CT molecular complexity index is 469. The molecule has 0 aliphatic carbocycles. The van der Waals surface area contributed by atoms with Gasteiger partial charge in [0.05, 0.1) is 0 Å². The molecule has 0 aliphatic heterocycles. The Hall–Kier alpha value is -1.87. The topological polar surface area (TPSA) is 59.1 Å². The predicted octanol–water partition coefficient (Wildman–Crippen LogP) is 2.59. The zero-order valence-electron chi connectivity index (χ0n) is 8.93. The van der Waals surface area contributed by atoms with E-state index in [4.69, 9.17) is 5.73 Å². The van der Waals surface area contributed by atoms with Gasteiger partial charge in [-0.25, -0.2) is 0 Å². The molecular weight excluding hydrogens is 212 g/mol. The summed E-state index contributed by atoms with van der Waals surface area (Å²) < 4.78 is 0. The van der Waals surface area contributed by atoms with E-state index in [1.807, 2.05) is 24.3 Å². The third-order valence-corrected chi connectivity index (χ3v) is 2.47. The van der Waals surface area contributed by atoms with Gasteiger partial charge >= 0.3 is 0 Å². The molecule has 1 heterocycles. The van der Waals surface area contributed by atoms with Crippen molar-refractivity contribution in [2.45, 2.75) is 13.8 Å². The van der Waals surface area contributed by atoms with Crippen molar-refractivity contribution < 1.29 is 5.11 Å². The first kappa shape index (κ1) is 13.2. The number of pyridine rings is 1. The second-order valence-corrected chi connectivity index (χ2v) is 3.63. The Morgan fingerprint density at radius 3 is 2.71 bits per heavy atom. The highest BCUT2D eigenvalue weighted by Crippen LogP contribution is 2.29. The zero-order chi connectivity index (χ0) is 11.4. The monoisotopic (exact) mass is 230 g/mol. The van der Waals surface area contributed by atoms with Gasteiger partial charge in [0.25, 0.3) is 0 Å². The van der Waals surface area contributed by atoms with Crippen LogP contribution in [0.5, 0.6) is 5.75 Å². The highest BCUT2D eigenvalue weighted by atomic mass is 16.3. The van der Waals surface area contributed by atoms with Gasteiger partial charge in [-0.1, -0.05) is 19.6 Å². The second kappa shape index (κ2) is 6.01. The van der Waals surface area contributed by atoms with Gasteiger partial charge in [0.1, 0.15) is 5.75 Å². The molecule has 90 valence electrons. The number of hydrogen-bond donors (Lipinski definition) is 2. The number of rotatable bonds is 3. The molecule has 2 aromatic rings. The quantitative estimate of drug-likeness (QED) is 0.852. The van der Waals surface area contributed by atoms with Crippen LogP contribution in [0.2, 0.25) is 0 Å². The standard InChI is InChI=1S/C13H14N2O.CH4/c14-6-5-10-3-4-13(16)12(8-10)11-2-1-7-15-9-11;/h1-4,7-9,16H,5-6,14H2;1H4. The minimum Gasteiger partial charge on any atom is -0.507 e. The van der Waals surface area contributed by atoms with Crippen LogP contribution in [-0.2, 0) is 6.42 Å². The van der Waals surface area contributed by atoms with Crippen molar-refractivity contribution in [2.75, 3.05) is 6.54 Å². The highest BCUT2D eigenvalue weighted by molar-refractivity contribution is 5.69. The van der Waals surface area contributed by atoms with E-state index in [0.717, 1.165) is 23.1 Å². The van der Waals surface area contributed by atoms with Crippen LogP contribution in [-0.4, -0.2) is 16.6 Å². The molecular formula is C14H18N2O. The van der Waals surface area contributed by atoms with E-state index >= 15 is 0 Å². The van der Waals surface area contributed by atoms with E-state index in [1.165, 1.54) is 0 Å². The molecule has 3 N–H and O–H groups in total. The fourth-order valence-electron chi connectivity index (χ4n) is 1.66. The number of benzene rings is 1. The molecule has 17 heavy (non-hydrogen) atoms. The first-order valence-electron chi connectivity index (χ1n) is 5.23. The number of nitrogens with zero attached hydrogens (tertiary/aromatic N) is 1. The van der Waals surface area contributed by atoms with Gasteiger partial charge in [0.15, 0.2) is 0 Å². The molecule has 0 atom stereocenters. The molecule has 0 amide bonds. The summed E-state index contributed by atoms with van der Waals surface area (Å²) >= 11 is 0. The molecule has 2 rings (SSSR count). The van der Waals surface area contributed by atoms with E-state index in [1.54, 1.807) is 18.5 Å². The lowest BCUT2D eigenvalue weighted by Crippen LogP contribution is -2.02. The molecule has 3 nitrogen and oxygen atoms in total. The van der Waals surface area contributed by atoms with E-state index in [9.17, 15) is 5.11 Å². The Kier molecular flexibility index (Phi) is 4.67. The molecule has 0 aliphatic rings. The summed E-state index contributed by atoms with van der Waals surface area (Å²) in [6.45, 7) is 0.608. The molecule has 0 bridgehead atoms.